The lowest BCUT2D eigenvalue weighted by atomic mass is 9.93. The van der Waals surface area contributed by atoms with Gasteiger partial charge in [0.1, 0.15) is 17.9 Å². The van der Waals surface area contributed by atoms with Crippen molar-refractivity contribution in [1.29, 1.82) is 0 Å². The van der Waals surface area contributed by atoms with Crippen LogP contribution in [0.5, 0.6) is 5.75 Å². The molecular formula is C28H29N7O. The Bertz CT molecular complexity index is 1500. The van der Waals surface area contributed by atoms with Gasteiger partial charge in [-0.05, 0) is 42.5 Å². The fourth-order valence-electron chi connectivity index (χ4n) is 4.65. The number of imidazole rings is 1. The monoisotopic (exact) mass is 479 g/mol. The van der Waals surface area contributed by atoms with E-state index in [0.717, 1.165) is 58.0 Å². The maximum Gasteiger partial charge on any atom is 0.218 e. The van der Waals surface area contributed by atoms with Gasteiger partial charge in [0, 0.05) is 49.4 Å². The standard InChI is InChI=1S/C28H29N7O/c1-34-15-14-30-28(34)27-32-26(31-21-10-6-11-21)25-24(19-7-3-2-4-8-19)23(18-35(25)33-27)20-9-5-12-22(17-20)36-16-13-29/h2-5,7-9,12,14-15,17-18,21H,6,10-11,13,16,29H2,1H3,(H,31,32,33). The Balaban J connectivity index is 1.60. The predicted octanol–water partition coefficient (Wildman–Crippen LogP) is 4.77. The van der Waals surface area contributed by atoms with Crippen LogP contribution in [0.25, 0.3) is 39.4 Å². The van der Waals surface area contributed by atoms with Crippen molar-refractivity contribution in [2.45, 2.75) is 25.3 Å². The number of aryl methyl sites for hydroxylation is 1. The Kier molecular flexibility index (Phi) is 5.87. The molecular weight excluding hydrogens is 450 g/mol. The van der Waals surface area contributed by atoms with Crippen molar-refractivity contribution < 1.29 is 4.74 Å². The van der Waals surface area contributed by atoms with Crippen LogP contribution in [0.4, 0.5) is 5.82 Å². The highest BCUT2D eigenvalue weighted by Crippen LogP contribution is 2.41. The van der Waals surface area contributed by atoms with Crippen molar-refractivity contribution in [3.05, 3.63) is 73.2 Å². The molecule has 2 aromatic carbocycles. The Hall–Kier alpha value is -4.17. The molecule has 3 aromatic heterocycles. The summed E-state index contributed by atoms with van der Waals surface area (Å²) in [6.45, 7) is 0.943. The Morgan fingerprint density at radius 2 is 1.92 bits per heavy atom. The zero-order chi connectivity index (χ0) is 24.5. The molecule has 1 saturated carbocycles. The van der Waals surface area contributed by atoms with Crippen LogP contribution in [-0.2, 0) is 7.05 Å². The molecule has 5 aromatic rings. The van der Waals surface area contributed by atoms with Gasteiger partial charge < -0.3 is 20.4 Å². The lowest BCUT2D eigenvalue weighted by Gasteiger charge is -2.27. The second-order valence-electron chi connectivity index (χ2n) is 9.16. The number of hydrogen-bond donors (Lipinski definition) is 2. The van der Waals surface area contributed by atoms with Crippen LogP contribution in [0.15, 0.2) is 73.2 Å². The van der Waals surface area contributed by atoms with Gasteiger partial charge in [0.25, 0.3) is 0 Å². The van der Waals surface area contributed by atoms with Crippen molar-refractivity contribution in [1.82, 2.24) is 24.1 Å². The number of nitrogens with zero attached hydrogens (tertiary/aromatic N) is 5. The topological polar surface area (TPSA) is 95.3 Å². The summed E-state index contributed by atoms with van der Waals surface area (Å²) in [5.74, 6) is 2.92. The molecule has 0 unspecified atom stereocenters. The minimum Gasteiger partial charge on any atom is -0.492 e. The quantitative estimate of drug-likeness (QED) is 0.333. The highest BCUT2D eigenvalue weighted by molar-refractivity contribution is 5.99. The summed E-state index contributed by atoms with van der Waals surface area (Å²) in [6.07, 6.45) is 9.28. The number of anilines is 1. The Morgan fingerprint density at radius 1 is 1.08 bits per heavy atom. The molecule has 0 amide bonds. The summed E-state index contributed by atoms with van der Waals surface area (Å²) in [5, 5.41) is 8.64. The number of ether oxygens (including phenoxy) is 1. The summed E-state index contributed by atoms with van der Waals surface area (Å²) < 4.78 is 9.72. The van der Waals surface area contributed by atoms with E-state index in [0.29, 0.717) is 25.0 Å². The van der Waals surface area contributed by atoms with Crippen LogP contribution in [-0.4, -0.2) is 43.3 Å². The zero-order valence-electron chi connectivity index (χ0n) is 20.3. The first-order valence-corrected chi connectivity index (χ1v) is 12.4. The van der Waals surface area contributed by atoms with E-state index in [2.05, 4.69) is 52.9 Å². The van der Waals surface area contributed by atoms with Crippen molar-refractivity contribution in [3.63, 3.8) is 0 Å². The molecule has 1 aliphatic rings. The SMILES string of the molecule is Cn1ccnc1-c1nc(NC2CCC2)c2c(-c3ccccc3)c(-c3cccc(OCCN)c3)cn2n1. The molecule has 1 aliphatic carbocycles. The fourth-order valence-corrected chi connectivity index (χ4v) is 4.65. The molecule has 0 saturated heterocycles. The first kappa shape index (κ1) is 22.3. The van der Waals surface area contributed by atoms with Crippen LogP contribution in [0, 0.1) is 0 Å². The molecule has 8 nitrogen and oxygen atoms in total. The lowest BCUT2D eigenvalue weighted by Crippen LogP contribution is -2.28. The van der Waals surface area contributed by atoms with E-state index in [4.69, 9.17) is 20.6 Å². The molecule has 3 N–H and O–H groups in total. The van der Waals surface area contributed by atoms with E-state index >= 15 is 0 Å². The van der Waals surface area contributed by atoms with Gasteiger partial charge in [-0.1, -0.05) is 42.5 Å². The molecule has 0 bridgehead atoms. The summed E-state index contributed by atoms with van der Waals surface area (Å²) in [7, 11) is 1.96. The molecule has 0 atom stereocenters. The van der Waals surface area contributed by atoms with Crippen molar-refractivity contribution in [2.24, 2.45) is 12.8 Å². The number of aromatic nitrogens is 5. The molecule has 1 fully saturated rings. The highest BCUT2D eigenvalue weighted by atomic mass is 16.5. The number of nitrogens with two attached hydrogens (primary N) is 1. The van der Waals surface area contributed by atoms with E-state index in [-0.39, 0.29) is 0 Å². The molecule has 36 heavy (non-hydrogen) atoms. The van der Waals surface area contributed by atoms with E-state index in [1.807, 2.05) is 40.5 Å². The van der Waals surface area contributed by atoms with Crippen LogP contribution in [0.3, 0.4) is 0 Å². The van der Waals surface area contributed by atoms with Gasteiger partial charge in [-0.15, -0.1) is 5.10 Å². The Labute approximate surface area is 209 Å². The average Bonchev–Trinajstić information content (AvgIpc) is 3.49. The fraction of sp³-hybridized carbons (Fsp3) is 0.250. The van der Waals surface area contributed by atoms with Gasteiger partial charge in [-0.2, -0.15) is 0 Å². The normalized spacial score (nSPS) is 13.6. The molecule has 6 rings (SSSR count). The summed E-state index contributed by atoms with van der Waals surface area (Å²) >= 11 is 0. The Morgan fingerprint density at radius 3 is 2.64 bits per heavy atom. The summed E-state index contributed by atoms with van der Waals surface area (Å²) in [5.41, 5.74) is 10.9. The first-order chi connectivity index (χ1) is 17.7. The maximum absolute atomic E-state index is 5.83. The molecule has 0 aliphatic heterocycles. The molecule has 0 spiro atoms. The second-order valence-corrected chi connectivity index (χ2v) is 9.16. The van der Waals surface area contributed by atoms with Gasteiger partial charge in [-0.3, -0.25) is 0 Å². The van der Waals surface area contributed by atoms with Crippen LogP contribution in [0.2, 0.25) is 0 Å². The van der Waals surface area contributed by atoms with Gasteiger partial charge in [0.2, 0.25) is 5.82 Å². The highest BCUT2D eigenvalue weighted by Gasteiger charge is 2.25. The number of hydrogen-bond acceptors (Lipinski definition) is 6. The van der Waals surface area contributed by atoms with Crippen LogP contribution in [0.1, 0.15) is 19.3 Å². The van der Waals surface area contributed by atoms with Crippen LogP contribution >= 0.6 is 0 Å². The maximum atomic E-state index is 5.83. The van der Waals surface area contributed by atoms with E-state index in [1.54, 1.807) is 6.20 Å². The third-order valence-electron chi connectivity index (χ3n) is 6.69. The number of benzene rings is 2. The van der Waals surface area contributed by atoms with Crippen molar-refractivity contribution in [3.8, 4) is 39.7 Å². The molecule has 3 heterocycles. The van der Waals surface area contributed by atoms with Gasteiger partial charge in [0.15, 0.2) is 11.6 Å². The van der Waals surface area contributed by atoms with Gasteiger partial charge in [-0.25, -0.2) is 14.5 Å². The molecule has 182 valence electrons. The van der Waals surface area contributed by atoms with Crippen molar-refractivity contribution >= 4 is 11.3 Å². The lowest BCUT2D eigenvalue weighted by molar-refractivity contribution is 0.328. The zero-order valence-corrected chi connectivity index (χ0v) is 20.3. The van der Waals surface area contributed by atoms with Gasteiger partial charge >= 0.3 is 0 Å². The number of nitrogens with one attached hydrogen (secondary N) is 1. The number of fused-ring (bicyclic) bond motifs is 1. The predicted molar refractivity (Wildman–Crippen MR) is 142 cm³/mol. The summed E-state index contributed by atoms with van der Waals surface area (Å²) in [6, 6.07) is 19.0. The smallest absolute Gasteiger partial charge is 0.218 e. The van der Waals surface area contributed by atoms with Gasteiger partial charge in [0.05, 0.1) is 0 Å². The minimum atomic E-state index is 0.410. The van der Waals surface area contributed by atoms with Crippen molar-refractivity contribution in [2.75, 3.05) is 18.5 Å². The van der Waals surface area contributed by atoms with E-state index in [1.165, 1.54) is 6.42 Å². The third-order valence-corrected chi connectivity index (χ3v) is 6.69. The first-order valence-electron chi connectivity index (χ1n) is 12.4. The average molecular weight is 480 g/mol. The molecule has 0 radical (unpaired) electrons. The van der Waals surface area contributed by atoms with E-state index < -0.39 is 0 Å². The van der Waals surface area contributed by atoms with Crippen LogP contribution < -0.4 is 15.8 Å². The largest absolute Gasteiger partial charge is 0.492 e. The number of rotatable bonds is 8. The van der Waals surface area contributed by atoms with E-state index in [9.17, 15) is 0 Å². The third kappa shape index (κ3) is 4.09. The minimum absolute atomic E-state index is 0.410. The molecule has 8 heteroatoms. The second kappa shape index (κ2) is 9.47. The summed E-state index contributed by atoms with van der Waals surface area (Å²) in [4.78, 5) is 9.52.